The zero-order valence-electron chi connectivity index (χ0n) is 15.9. The lowest BCUT2D eigenvalue weighted by molar-refractivity contribution is 0.372. The number of guanidine groups is 1. The molecule has 0 saturated carbocycles. The Hall–Kier alpha value is -1.72. The lowest BCUT2D eigenvalue weighted by atomic mass is 10.2. The molecule has 0 aromatic carbocycles. The van der Waals surface area contributed by atoms with Gasteiger partial charge < -0.3 is 19.7 Å². The minimum absolute atomic E-state index is 0. The summed E-state index contributed by atoms with van der Waals surface area (Å²) in [7, 11) is 0. The zero-order valence-corrected chi connectivity index (χ0v) is 18.2. The van der Waals surface area contributed by atoms with E-state index in [-0.39, 0.29) is 29.9 Å². The van der Waals surface area contributed by atoms with Crippen LogP contribution in [0.5, 0.6) is 0 Å². The van der Waals surface area contributed by atoms with Crippen LogP contribution in [-0.2, 0) is 19.4 Å². The fraction of sp³-hybridized carbons (Fsp3) is 0.688. The summed E-state index contributed by atoms with van der Waals surface area (Å²) >= 11 is 0. The molecule has 2 rings (SSSR count). The van der Waals surface area contributed by atoms with Crippen molar-refractivity contribution >= 4 is 29.9 Å². The number of aliphatic imine (C=N–C) groups is 1. The molecule has 0 aliphatic heterocycles. The fourth-order valence-corrected chi connectivity index (χ4v) is 2.24. The third-order valence-corrected chi connectivity index (χ3v) is 3.60. The highest BCUT2D eigenvalue weighted by molar-refractivity contribution is 14.0. The van der Waals surface area contributed by atoms with Crippen LogP contribution in [0.15, 0.2) is 15.8 Å². The second kappa shape index (κ2) is 11.8. The number of nitrogens with one attached hydrogen (secondary N) is 2. The van der Waals surface area contributed by atoms with Gasteiger partial charge in [-0.15, -0.1) is 34.2 Å². The molecule has 0 aliphatic rings. The standard InChI is InChI=1S/C16H28N8O.HI/c1-5-13-22-20-11-24(13)10-9-19-16(17-6-2)18-8-7-14-21-15(12(3)4)23-25-14;/h11-12H,5-10H2,1-4H3,(H2,17,18,19);1H. The summed E-state index contributed by atoms with van der Waals surface area (Å²) in [5, 5.41) is 18.5. The van der Waals surface area contributed by atoms with Crippen molar-refractivity contribution in [2.45, 2.75) is 53.0 Å². The Morgan fingerprint density at radius 2 is 2.12 bits per heavy atom. The molecule has 26 heavy (non-hydrogen) atoms. The smallest absolute Gasteiger partial charge is 0.228 e. The van der Waals surface area contributed by atoms with E-state index >= 15 is 0 Å². The van der Waals surface area contributed by atoms with Crippen LogP contribution in [0.2, 0.25) is 0 Å². The van der Waals surface area contributed by atoms with E-state index in [1.54, 1.807) is 6.33 Å². The first-order valence-electron chi connectivity index (χ1n) is 8.85. The van der Waals surface area contributed by atoms with Crippen molar-refractivity contribution in [1.29, 1.82) is 0 Å². The van der Waals surface area contributed by atoms with Gasteiger partial charge in [0, 0.05) is 38.4 Å². The van der Waals surface area contributed by atoms with Crippen molar-refractivity contribution < 1.29 is 4.52 Å². The molecule has 0 aliphatic carbocycles. The summed E-state index contributed by atoms with van der Waals surface area (Å²) in [6.45, 7) is 11.1. The maximum atomic E-state index is 5.23. The van der Waals surface area contributed by atoms with Gasteiger partial charge in [-0.3, -0.25) is 4.99 Å². The van der Waals surface area contributed by atoms with Gasteiger partial charge in [-0.1, -0.05) is 25.9 Å². The Bertz CT molecular complexity index is 667. The van der Waals surface area contributed by atoms with Gasteiger partial charge in [0.05, 0.1) is 6.54 Å². The average molecular weight is 476 g/mol. The highest BCUT2D eigenvalue weighted by Crippen LogP contribution is 2.09. The maximum absolute atomic E-state index is 5.23. The molecule has 9 nitrogen and oxygen atoms in total. The lowest BCUT2D eigenvalue weighted by Crippen LogP contribution is -2.39. The predicted molar refractivity (Wildman–Crippen MR) is 111 cm³/mol. The SMILES string of the molecule is CCNC(=NCCc1nc(C(C)C)no1)NCCn1cnnc1CC.I. The van der Waals surface area contributed by atoms with Crippen LogP contribution in [0, 0.1) is 0 Å². The molecule has 0 amide bonds. The van der Waals surface area contributed by atoms with Crippen LogP contribution in [0.4, 0.5) is 0 Å². The Morgan fingerprint density at radius 3 is 2.77 bits per heavy atom. The van der Waals surface area contributed by atoms with Crippen LogP contribution < -0.4 is 10.6 Å². The quantitative estimate of drug-likeness (QED) is 0.323. The Balaban J connectivity index is 0.00000338. The Kier molecular flexibility index (Phi) is 10.1. The monoisotopic (exact) mass is 476 g/mol. The highest BCUT2D eigenvalue weighted by Gasteiger charge is 2.09. The lowest BCUT2D eigenvalue weighted by Gasteiger charge is -2.12. The molecule has 0 saturated heterocycles. The molecule has 0 unspecified atom stereocenters. The topological polar surface area (TPSA) is 106 Å². The normalized spacial score (nSPS) is 11.5. The number of hydrogen-bond acceptors (Lipinski definition) is 6. The number of aryl methyl sites for hydroxylation is 1. The molecular formula is C16H29IN8O. The number of nitrogens with zero attached hydrogens (tertiary/aromatic N) is 6. The molecule has 2 aromatic heterocycles. The summed E-state index contributed by atoms with van der Waals surface area (Å²) in [6.07, 6.45) is 3.25. The van der Waals surface area contributed by atoms with Crippen molar-refractivity contribution in [1.82, 2.24) is 35.5 Å². The highest BCUT2D eigenvalue weighted by atomic mass is 127. The van der Waals surface area contributed by atoms with Gasteiger partial charge in [0.25, 0.3) is 0 Å². The van der Waals surface area contributed by atoms with E-state index < -0.39 is 0 Å². The van der Waals surface area contributed by atoms with Crippen molar-refractivity contribution in [3.8, 4) is 0 Å². The van der Waals surface area contributed by atoms with E-state index in [2.05, 4.69) is 42.9 Å². The second-order valence-corrected chi connectivity index (χ2v) is 5.93. The summed E-state index contributed by atoms with van der Waals surface area (Å²) < 4.78 is 7.28. The first kappa shape index (κ1) is 22.3. The second-order valence-electron chi connectivity index (χ2n) is 5.93. The number of hydrogen-bond donors (Lipinski definition) is 2. The molecule has 0 bridgehead atoms. The van der Waals surface area contributed by atoms with Gasteiger partial charge in [-0.05, 0) is 6.92 Å². The van der Waals surface area contributed by atoms with E-state index in [0.29, 0.717) is 18.9 Å². The van der Waals surface area contributed by atoms with E-state index in [1.165, 1.54) is 0 Å². The van der Waals surface area contributed by atoms with E-state index in [9.17, 15) is 0 Å². The van der Waals surface area contributed by atoms with Crippen molar-refractivity contribution in [2.75, 3.05) is 19.6 Å². The Morgan fingerprint density at radius 1 is 1.31 bits per heavy atom. The maximum Gasteiger partial charge on any atom is 0.228 e. The van der Waals surface area contributed by atoms with E-state index in [0.717, 1.165) is 43.7 Å². The van der Waals surface area contributed by atoms with Gasteiger partial charge >= 0.3 is 0 Å². The molecule has 10 heteroatoms. The largest absolute Gasteiger partial charge is 0.357 e. The predicted octanol–water partition coefficient (Wildman–Crippen LogP) is 1.76. The first-order valence-corrected chi connectivity index (χ1v) is 8.85. The molecule has 0 spiro atoms. The van der Waals surface area contributed by atoms with Crippen LogP contribution >= 0.6 is 24.0 Å². The van der Waals surface area contributed by atoms with Gasteiger partial charge in [-0.25, -0.2) is 0 Å². The minimum atomic E-state index is 0. The summed E-state index contributed by atoms with van der Waals surface area (Å²) in [4.78, 5) is 8.91. The molecule has 0 atom stereocenters. The number of halogens is 1. The minimum Gasteiger partial charge on any atom is -0.357 e. The summed E-state index contributed by atoms with van der Waals surface area (Å²) in [5.74, 6) is 3.40. The zero-order chi connectivity index (χ0) is 18.1. The summed E-state index contributed by atoms with van der Waals surface area (Å²) in [5.41, 5.74) is 0. The molecular weight excluding hydrogens is 447 g/mol. The van der Waals surface area contributed by atoms with Gasteiger partial charge in [0.2, 0.25) is 5.89 Å². The van der Waals surface area contributed by atoms with Crippen LogP contribution in [0.3, 0.4) is 0 Å². The van der Waals surface area contributed by atoms with Crippen molar-refractivity contribution in [3.63, 3.8) is 0 Å². The Labute approximate surface area is 171 Å². The molecule has 146 valence electrons. The fourth-order valence-electron chi connectivity index (χ4n) is 2.24. The van der Waals surface area contributed by atoms with E-state index in [4.69, 9.17) is 4.52 Å². The van der Waals surface area contributed by atoms with Crippen molar-refractivity contribution in [3.05, 3.63) is 23.9 Å². The van der Waals surface area contributed by atoms with Gasteiger partial charge in [0.15, 0.2) is 11.8 Å². The average Bonchev–Trinajstić information content (AvgIpc) is 3.24. The molecule has 2 heterocycles. The number of rotatable bonds is 9. The first-order chi connectivity index (χ1) is 12.1. The number of aromatic nitrogens is 5. The van der Waals surface area contributed by atoms with Gasteiger partial charge in [0.1, 0.15) is 12.2 Å². The molecule has 2 aromatic rings. The van der Waals surface area contributed by atoms with Crippen LogP contribution in [0.1, 0.15) is 51.2 Å². The summed E-state index contributed by atoms with van der Waals surface area (Å²) in [6, 6.07) is 0. The third-order valence-electron chi connectivity index (χ3n) is 3.60. The van der Waals surface area contributed by atoms with Crippen LogP contribution in [-0.4, -0.2) is 50.5 Å². The van der Waals surface area contributed by atoms with E-state index in [1.807, 2.05) is 25.3 Å². The molecule has 2 N–H and O–H groups in total. The van der Waals surface area contributed by atoms with Crippen molar-refractivity contribution in [2.24, 2.45) is 4.99 Å². The molecule has 0 fully saturated rings. The van der Waals surface area contributed by atoms with Crippen LogP contribution in [0.25, 0.3) is 0 Å². The third kappa shape index (κ3) is 6.89. The van der Waals surface area contributed by atoms with Gasteiger partial charge in [-0.2, -0.15) is 4.98 Å². The molecule has 0 radical (unpaired) electrons.